The highest BCUT2D eigenvalue weighted by Crippen LogP contribution is 2.43. The number of nitrogens with zero attached hydrogens (tertiary/aromatic N) is 2. The molecule has 0 spiro atoms. The number of carbonyl (C=O) groups is 1. The van der Waals surface area contributed by atoms with Gasteiger partial charge >= 0.3 is 17.8 Å². The van der Waals surface area contributed by atoms with Gasteiger partial charge in [0.15, 0.2) is 0 Å². The van der Waals surface area contributed by atoms with E-state index in [-0.39, 0.29) is 46.5 Å². The Morgan fingerprint density at radius 2 is 2.00 bits per heavy atom. The zero-order chi connectivity index (χ0) is 25.9. The van der Waals surface area contributed by atoms with Crippen molar-refractivity contribution >= 4 is 11.7 Å². The topological polar surface area (TPSA) is 138 Å². The molecule has 0 fully saturated rings. The van der Waals surface area contributed by atoms with E-state index in [0.29, 0.717) is 6.07 Å². The van der Waals surface area contributed by atoms with Gasteiger partial charge in [-0.15, -0.1) is 0 Å². The number of carbonyl (C=O) groups excluding carboxylic acids is 1. The molecular weight excluding hydrogens is 471 g/mol. The molecule has 2 aromatic carbocycles. The number of benzene rings is 2. The van der Waals surface area contributed by atoms with Gasteiger partial charge in [-0.2, -0.15) is 18.4 Å². The third kappa shape index (κ3) is 5.19. The molecule has 3 rings (SSSR count). The van der Waals surface area contributed by atoms with Crippen molar-refractivity contribution in [3.05, 3.63) is 86.5 Å². The molecule has 1 heterocycles. The molecule has 182 valence electrons. The first-order chi connectivity index (χ1) is 16.5. The lowest BCUT2D eigenvalue weighted by molar-refractivity contribution is -0.385. The fourth-order valence-electron chi connectivity index (χ4n) is 3.49. The van der Waals surface area contributed by atoms with Crippen molar-refractivity contribution < 1.29 is 37.1 Å². The van der Waals surface area contributed by atoms with E-state index in [1.54, 1.807) is 6.92 Å². The summed E-state index contributed by atoms with van der Waals surface area (Å²) in [6, 6.07) is 9.26. The van der Waals surface area contributed by atoms with Crippen LogP contribution in [0, 0.1) is 21.4 Å². The number of halogens is 3. The largest absolute Gasteiger partial charge is 0.463 e. The zero-order valence-corrected chi connectivity index (χ0v) is 18.4. The quantitative estimate of drug-likeness (QED) is 0.338. The van der Waals surface area contributed by atoms with Crippen LogP contribution in [0.5, 0.6) is 11.5 Å². The Morgan fingerprint density at radius 1 is 1.29 bits per heavy atom. The number of rotatable bonds is 6. The summed E-state index contributed by atoms with van der Waals surface area (Å²) in [7, 11) is 0. The smallest absolute Gasteiger partial charge is 0.416 e. The van der Waals surface area contributed by atoms with E-state index in [2.05, 4.69) is 0 Å². The molecule has 12 heteroatoms. The fraction of sp³-hybridized carbons (Fsp3) is 0.217. The second kappa shape index (κ2) is 9.76. The normalized spacial score (nSPS) is 15.8. The summed E-state index contributed by atoms with van der Waals surface area (Å²) in [6.07, 6.45) is -4.63. The van der Waals surface area contributed by atoms with Gasteiger partial charge in [0.25, 0.3) is 0 Å². The van der Waals surface area contributed by atoms with Crippen molar-refractivity contribution in [2.45, 2.75) is 25.9 Å². The third-order valence-electron chi connectivity index (χ3n) is 5.00. The second-order valence-electron chi connectivity index (χ2n) is 7.23. The molecule has 0 saturated heterocycles. The van der Waals surface area contributed by atoms with E-state index in [4.69, 9.17) is 19.9 Å². The molecule has 0 bridgehead atoms. The average Bonchev–Trinajstić information content (AvgIpc) is 2.78. The average molecular weight is 489 g/mol. The predicted molar refractivity (Wildman–Crippen MR) is 115 cm³/mol. The van der Waals surface area contributed by atoms with Crippen molar-refractivity contribution in [3.8, 4) is 17.6 Å². The van der Waals surface area contributed by atoms with Gasteiger partial charge in [-0.1, -0.05) is 12.1 Å². The van der Waals surface area contributed by atoms with Crippen molar-refractivity contribution in [1.29, 1.82) is 5.26 Å². The van der Waals surface area contributed by atoms with Crippen LogP contribution >= 0.6 is 0 Å². The Bertz CT molecular complexity index is 1290. The molecule has 2 aromatic rings. The minimum absolute atomic E-state index is 0.0212. The van der Waals surface area contributed by atoms with E-state index in [0.717, 1.165) is 24.3 Å². The summed E-state index contributed by atoms with van der Waals surface area (Å²) < 4.78 is 54.8. The first-order valence-corrected chi connectivity index (χ1v) is 10.1. The molecule has 0 saturated carbocycles. The number of nitro benzene ring substituents is 1. The molecular formula is C23H18F3N3O6. The standard InChI is InChI=1S/C23H18F3N3O6/c1-3-33-22(30)19-12(2)34-21(28)16(11-27)20(19)13-7-8-18(17(9-13)29(31)32)35-15-6-4-5-14(10-15)23(24,25)26/h4-10,20H,3,28H2,1-2H3. The number of nitro groups is 1. The number of esters is 1. The third-order valence-corrected chi connectivity index (χ3v) is 5.00. The van der Waals surface area contributed by atoms with Crippen molar-refractivity contribution in [1.82, 2.24) is 0 Å². The van der Waals surface area contributed by atoms with Crippen LogP contribution in [0.2, 0.25) is 0 Å². The highest BCUT2D eigenvalue weighted by atomic mass is 19.4. The highest BCUT2D eigenvalue weighted by molar-refractivity contribution is 5.92. The maximum absolute atomic E-state index is 13.0. The Hall–Kier alpha value is -4.53. The summed E-state index contributed by atoms with van der Waals surface area (Å²) in [4.78, 5) is 23.6. The number of allylic oxidation sites excluding steroid dienone is 2. The van der Waals surface area contributed by atoms with E-state index < -0.39 is 34.2 Å². The first kappa shape index (κ1) is 25.1. The van der Waals surface area contributed by atoms with Crippen LogP contribution in [0.15, 0.2) is 65.3 Å². The highest BCUT2D eigenvalue weighted by Gasteiger charge is 2.37. The van der Waals surface area contributed by atoms with Gasteiger partial charge < -0.3 is 19.9 Å². The molecule has 1 aliphatic heterocycles. The van der Waals surface area contributed by atoms with Crippen LogP contribution < -0.4 is 10.5 Å². The van der Waals surface area contributed by atoms with Gasteiger partial charge in [-0.05, 0) is 43.7 Å². The van der Waals surface area contributed by atoms with Gasteiger partial charge in [-0.3, -0.25) is 10.1 Å². The van der Waals surface area contributed by atoms with Crippen molar-refractivity contribution in [2.75, 3.05) is 6.61 Å². The van der Waals surface area contributed by atoms with Crippen LogP contribution in [0.25, 0.3) is 0 Å². The van der Waals surface area contributed by atoms with Crippen LogP contribution in [-0.2, 0) is 20.4 Å². The SMILES string of the molecule is CCOC(=O)C1=C(C)OC(N)=C(C#N)C1c1ccc(Oc2cccc(C(F)(F)F)c2)c([N+](=O)[O-])c1. The minimum atomic E-state index is -4.63. The summed E-state index contributed by atoms with van der Waals surface area (Å²) in [6.45, 7) is 3.03. The molecule has 1 unspecified atom stereocenters. The van der Waals surface area contributed by atoms with Crippen LogP contribution in [-0.4, -0.2) is 17.5 Å². The Morgan fingerprint density at radius 3 is 2.60 bits per heavy atom. The number of nitrogens with two attached hydrogens (primary N) is 1. The maximum atomic E-state index is 13.0. The van der Waals surface area contributed by atoms with E-state index >= 15 is 0 Å². The number of hydrogen-bond donors (Lipinski definition) is 1. The lowest BCUT2D eigenvalue weighted by Crippen LogP contribution is -2.25. The molecule has 0 aromatic heterocycles. The van der Waals surface area contributed by atoms with Gasteiger partial charge in [-0.25, -0.2) is 4.79 Å². The molecule has 9 nitrogen and oxygen atoms in total. The Balaban J connectivity index is 2.10. The van der Waals surface area contributed by atoms with E-state index in [1.165, 1.54) is 19.1 Å². The van der Waals surface area contributed by atoms with E-state index in [9.17, 15) is 33.3 Å². The molecule has 1 atom stereocenters. The monoisotopic (exact) mass is 489 g/mol. The van der Waals surface area contributed by atoms with Crippen LogP contribution in [0.4, 0.5) is 18.9 Å². The first-order valence-electron chi connectivity index (χ1n) is 10.1. The van der Waals surface area contributed by atoms with Gasteiger partial charge in [0, 0.05) is 6.07 Å². The van der Waals surface area contributed by atoms with Gasteiger partial charge in [0.1, 0.15) is 23.2 Å². The number of hydrogen-bond acceptors (Lipinski definition) is 8. The molecule has 0 aliphatic carbocycles. The molecule has 2 N–H and O–H groups in total. The minimum Gasteiger partial charge on any atom is -0.463 e. The van der Waals surface area contributed by atoms with Crippen molar-refractivity contribution in [3.63, 3.8) is 0 Å². The molecule has 0 radical (unpaired) electrons. The predicted octanol–water partition coefficient (Wildman–Crippen LogP) is 5.05. The van der Waals surface area contributed by atoms with Crippen LogP contribution in [0.1, 0.15) is 30.9 Å². The Labute approximate surface area is 197 Å². The summed E-state index contributed by atoms with van der Waals surface area (Å²) in [5, 5.41) is 21.4. The fourth-order valence-corrected chi connectivity index (χ4v) is 3.49. The molecule has 0 amide bonds. The second-order valence-corrected chi connectivity index (χ2v) is 7.23. The zero-order valence-electron chi connectivity index (χ0n) is 18.4. The lowest BCUT2D eigenvalue weighted by Gasteiger charge is -2.26. The number of alkyl halides is 3. The molecule has 1 aliphatic rings. The lowest BCUT2D eigenvalue weighted by atomic mass is 9.83. The maximum Gasteiger partial charge on any atom is 0.416 e. The van der Waals surface area contributed by atoms with Gasteiger partial charge in [0.05, 0.1) is 28.6 Å². The van der Waals surface area contributed by atoms with Gasteiger partial charge in [0.2, 0.25) is 11.6 Å². The summed E-state index contributed by atoms with van der Waals surface area (Å²) >= 11 is 0. The molecule has 35 heavy (non-hydrogen) atoms. The Kier molecular flexibility index (Phi) is 7.00. The summed E-state index contributed by atoms with van der Waals surface area (Å²) in [5.74, 6) is -2.80. The number of nitriles is 1. The van der Waals surface area contributed by atoms with Crippen LogP contribution in [0.3, 0.4) is 0 Å². The summed E-state index contributed by atoms with van der Waals surface area (Å²) in [5.41, 5.74) is 4.11. The van der Waals surface area contributed by atoms with E-state index in [1.807, 2.05) is 6.07 Å². The number of ether oxygens (including phenoxy) is 3. The van der Waals surface area contributed by atoms with Crippen molar-refractivity contribution in [2.24, 2.45) is 5.73 Å².